The highest BCUT2D eigenvalue weighted by Gasteiger charge is 2.33. The molecule has 0 spiro atoms. The predicted molar refractivity (Wildman–Crippen MR) is 85.2 cm³/mol. The van der Waals surface area contributed by atoms with Crippen molar-refractivity contribution in [1.29, 1.82) is 0 Å². The molecule has 3 aromatic rings. The van der Waals surface area contributed by atoms with Crippen molar-refractivity contribution >= 4 is 23.4 Å². The first-order valence-corrected chi connectivity index (χ1v) is 8.16. The molecule has 0 bridgehead atoms. The molecule has 1 N–H and O–H groups in total. The topological polar surface area (TPSA) is 72.0 Å². The van der Waals surface area contributed by atoms with Crippen molar-refractivity contribution in [3.63, 3.8) is 0 Å². The van der Waals surface area contributed by atoms with Crippen LogP contribution in [0.25, 0.3) is 11.3 Å². The van der Waals surface area contributed by atoms with Gasteiger partial charge in [0.15, 0.2) is 16.6 Å². The van der Waals surface area contributed by atoms with Crippen LogP contribution in [-0.2, 0) is 11.9 Å². The Labute approximate surface area is 148 Å². The Kier molecular flexibility index (Phi) is 4.87. The van der Waals surface area contributed by atoms with E-state index in [1.807, 2.05) is 0 Å². The number of hydrogen-bond donors (Lipinski definition) is 1. The van der Waals surface area contributed by atoms with E-state index in [1.54, 1.807) is 24.3 Å². The summed E-state index contributed by atoms with van der Waals surface area (Å²) in [6.45, 7) is 0. The first-order valence-electron chi connectivity index (χ1n) is 6.80. The molecule has 3 rings (SSSR count). The Morgan fingerprint density at radius 2 is 2.00 bits per heavy atom. The normalized spacial score (nSPS) is 11.7. The van der Waals surface area contributed by atoms with Crippen LogP contribution in [0.5, 0.6) is 5.88 Å². The number of aromatic nitrogens is 3. The van der Waals surface area contributed by atoms with E-state index in [0.717, 1.165) is 17.3 Å². The zero-order valence-corrected chi connectivity index (χ0v) is 13.9. The Hall–Kier alpha value is -2.26. The van der Waals surface area contributed by atoms with Crippen LogP contribution < -0.4 is 0 Å². The fourth-order valence-corrected chi connectivity index (χ4v) is 2.80. The second-order valence-electron chi connectivity index (χ2n) is 4.81. The van der Waals surface area contributed by atoms with Crippen molar-refractivity contribution < 1.29 is 22.7 Å². The molecule has 5 nitrogen and oxygen atoms in total. The minimum atomic E-state index is -4.67. The minimum absolute atomic E-state index is 0.0985. The molecular weight excluding hydrogens is 379 g/mol. The van der Waals surface area contributed by atoms with E-state index in [4.69, 9.17) is 16.0 Å². The second kappa shape index (κ2) is 6.93. The van der Waals surface area contributed by atoms with Crippen LogP contribution in [0.4, 0.5) is 13.2 Å². The van der Waals surface area contributed by atoms with Crippen LogP contribution in [0.3, 0.4) is 0 Å². The lowest BCUT2D eigenvalue weighted by molar-refractivity contribution is -0.141. The number of halogens is 4. The van der Waals surface area contributed by atoms with Gasteiger partial charge in [0.25, 0.3) is 0 Å². The van der Waals surface area contributed by atoms with E-state index in [2.05, 4.69) is 15.0 Å². The summed E-state index contributed by atoms with van der Waals surface area (Å²) >= 11 is 6.78. The predicted octanol–water partition coefficient (Wildman–Crippen LogP) is 4.80. The maximum absolute atomic E-state index is 12.7. The average molecular weight is 388 g/mol. The third-order valence-electron chi connectivity index (χ3n) is 2.97. The van der Waals surface area contributed by atoms with Gasteiger partial charge < -0.3 is 9.52 Å². The number of hydrogen-bond acceptors (Lipinski definition) is 6. The number of oxazole rings is 1. The number of aromatic hydroxyl groups is 1. The SMILES string of the molecule is Oc1cc(C(F)(F)F)nc(SCc2ncc(-c3cccc(Cl)c3)o2)n1. The summed E-state index contributed by atoms with van der Waals surface area (Å²) in [6.07, 6.45) is -3.18. The summed E-state index contributed by atoms with van der Waals surface area (Å²) in [5, 5.41) is 9.63. The van der Waals surface area contributed by atoms with E-state index < -0.39 is 17.8 Å². The van der Waals surface area contributed by atoms with Crippen LogP contribution in [0.15, 0.2) is 46.1 Å². The highest BCUT2D eigenvalue weighted by Crippen LogP contribution is 2.32. The highest BCUT2D eigenvalue weighted by molar-refractivity contribution is 7.98. The van der Waals surface area contributed by atoms with Crippen molar-refractivity contribution in [2.75, 3.05) is 0 Å². The van der Waals surface area contributed by atoms with Gasteiger partial charge in [-0.2, -0.15) is 18.2 Å². The molecule has 1 aromatic carbocycles. The maximum Gasteiger partial charge on any atom is 0.433 e. The summed E-state index contributed by atoms with van der Waals surface area (Å²) in [7, 11) is 0. The lowest BCUT2D eigenvalue weighted by atomic mass is 10.2. The number of alkyl halides is 3. The molecule has 0 saturated heterocycles. The molecule has 0 amide bonds. The zero-order valence-electron chi connectivity index (χ0n) is 12.3. The van der Waals surface area contributed by atoms with Crippen LogP contribution >= 0.6 is 23.4 Å². The molecule has 0 fully saturated rings. The van der Waals surface area contributed by atoms with Gasteiger partial charge in [-0.1, -0.05) is 35.5 Å². The van der Waals surface area contributed by atoms with Gasteiger partial charge in [-0.3, -0.25) is 0 Å². The third kappa shape index (κ3) is 4.43. The Morgan fingerprint density at radius 1 is 1.20 bits per heavy atom. The van der Waals surface area contributed by atoms with Gasteiger partial charge in [0.2, 0.25) is 11.8 Å². The highest BCUT2D eigenvalue weighted by atomic mass is 35.5. The van der Waals surface area contributed by atoms with Crippen molar-refractivity contribution in [3.8, 4) is 17.2 Å². The van der Waals surface area contributed by atoms with E-state index in [-0.39, 0.29) is 16.8 Å². The minimum Gasteiger partial charge on any atom is -0.493 e. The lowest BCUT2D eigenvalue weighted by Gasteiger charge is -2.07. The molecular formula is C15H9ClF3N3O2S. The fraction of sp³-hybridized carbons (Fsp3) is 0.133. The summed E-state index contributed by atoms with van der Waals surface area (Å²) < 4.78 is 43.6. The molecule has 2 aromatic heterocycles. The molecule has 25 heavy (non-hydrogen) atoms. The zero-order chi connectivity index (χ0) is 18.0. The van der Waals surface area contributed by atoms with Crippen LogP contribution in [0.2, 0.25) is 5.02 Å². The average Bonchev–Trinajstić information content (AvgIpc) is 3.01. The standard InChI is InChI=1S/C15H9ClF3N3O2S/c16-9-3-1-2-8(4-9)10-6-20-13(24-10)7-25-14-21-11(15(17,18)19)5-12(23)22-14/h1-6H,7H2,(H,21,22,23). The van der Waals surface area contributed by atoms with E-state index in [0.29, 0.717) is 16.8 Å². The first-order chi connectivity index (χ1) is 11.8. The Bertz CT molecular complexity index is 902. The van der Waals surface area contributed by atoms with Crippen LogP contribution in [-0.4, -0.2) is 20.1 Å². The quantitative estimate of drug-likeness (QED) is 0.512. The monoisotopic (exact) mass is 387 g/mol. The van der Waals surface area contributed by atoms with Gasteiger partial charge in [-0.05, 0) is 12.1 Å². The Balaban J connectivity index is 1.74. The van der Waals surface area contributed by atoms with Gasteiger partial charge in [-0.25, -0.2) is 9.97 Å². The summed E-state index contributed by atoms with van der Waals surface area (Å²) in [5.74, 6) is 0.102. The molecule has 0 aliphatic rings. The molecule has 130 valence electrons. The lowest BCUT2D eigenvalue weighted by Crippen LogP contribution is -2.09. The van der Waals surface area contributed by atoms with Crippen molar-refractivity contribution in [2.45, 2.75) is 17.1 Å². The van der Waals surface area contributed by atoms with Gasteiger partial charge in [-0.15, -0.1) is 0 Å². The number of thioether (sulfide) groups is 1. The Morgan fingerprint density at radius 3 is 2.72 bits per heavy atom. The van der Waals surface area contributed by atoms with Gasteiger partial charge in [0.05, 0.1) is 11.9 Å². The fourth-order valence-electron chi connectivity index (χ4n) is 1.90. The van der Waals surface area contributed by atoms with Crippen LogP contribution in [0.1, 0.15) is 11.6 Å². The van der Waals surface area contributed by atoms with Crippen molar-refractivity contribution in [3.05, 3.63) is 53.1 Å². The maximum atomic E-state index is 12.7. The molecule has 0 unspecified atom stereocenters. The third-order valence-corrected chi connectivity index (χ3v) is 4.04. The number of nitrogens with zero attached hydrogens (tertiary/aromatic N) is 3. The summed E-state index contributed by atoms with van der Waals surface area (Å²) in [4.78, 5) is 11.0. The molecule has 2 heterocycles. The number of rotatable bonds is 4. The number of benzene rings is 1. The van der Waals surface area contributed by atoms with E-state index in [1.165, 1.54) is 6.20 Å². The molecule has 0 aliphatic carbocycles. The first kappa shape index (κ1) is 17.6. The van der Waals surface area contributed by atoms with Gasteiger partial charge in [0.1, 0.15) is 0 Å². The molecule has 0 saturated carbocycles. The van der Waals surface area contributed by atoms with Crippen molar-refractivity contribution in [2.24, 2.45) is 0 Å². The second-order valence-corrected chi connectivity index (χ2v) is 6.19. The molecule has 0 aliphatic heterocycles. The van der Waals surface area contributed by atoms with Gasteiger partial charge in [0, 0.05) is 16.7 Å². The van der Waals surface area contributed by atoms with Crippen molar-refractivity contribution in [1.82, 2.24) is 15.0 Å². The summed E-state index contributed by atoms with van der Waals surface area (Å²) in [6, 6.07) is 7.43. The summed E-state index contributed by atoms with van der Waals surface area (Å²) in [5.41, 5.74) is -0.487. The molecule has 0 atom stereocenters. The van der Waals surface area contributed by atoms with Gasteiger partial charge >= 0.3 is 6.18 Å². The smallest absolute Gasteiger partial charge is 0.433 e. The van der Waals surface area contributed by atoms with Crippen LogP contribution in [0, 0.1) is 0 Å². The molecule has 10 heteroatoms. The molecule has 0 radical (unpaired) electrons. The largest absolute Gasteiger partial charge is 0.493 e. The van der Waals surface area contributed by atoms with E-state index in [9.17, 15) is 18.3 Å². The van der Waals surface area contributed by atoms with E-state index >= 15 is 0 Å².